The van der Waals surface area contributed by atoms with Gasteiger partial charge in [0.15, 0.2) is 0 Å². The molecule has 0 spiro atoms. The monoisotopic (exact) mass is 1080 g/mol. The summed E-state index contributed by atoms with van der Waals surface area (Å²) < 4.78 is 11.1. The summed E-state index contributed by atoms with van der Waals surface area (Å²) in [6, 6.07) is 34.9. The van der Waals surface area contributed by atoms with Gasteiger partial charge in [-0.1, -0.05) is 105 Å². The average molecular weight is 1080 g/mol. The zero-order valence-corrected chi connectivity index (χ0v) is 43.2. The minimum absolute atomic E-state index is 0.0930. The number of rotatable bonds is 18. The van der Waals surface area contributed by atoms with Gasteiger partial charge in [-0.2, -0.15) is 0 Å². The number of amides is 8. The number of nitrogens with one attached hydrogen (secondary N) is 4. The molecular weight excluding hydrogens is 1020 g/mol. The lowest BCUT2D eigenvalue weighted by atomic mass is 10.1. The normalized spacial score (nSPS) is 17.9. The summed E-state index contributed by atoms with van der Waals surface area (Å²) in [5.74, 6) is -5.90. The molecule has 5 aromatic rings. The quantitative estimate of drug-likeness (QED) is 0.0622. The van der Waals surface area contributed by atoms with Crippen LogP contribution in [-0.2, 0) is 59.2 Å². The van der Waals surface area contributed by atoms with Gasteiger partial charge in [-0.3, -0.25) is 57.7 Å². The first-order valence-electron chi connectivity index (χ1n) is 25.3. The number of aliphatic carboxylic acids is 1. The van der Waals surface area contributed by atoms with E-state index in [1.165, 1.54) is 14.7 Å². The molecule has 5 atom stereocenters. The molecule has 1 unspecified atom stereocenters. The van der Waals surface area contributed by atoms with Crippen LogP contribution in [0.4, 0.5) is 22.7 Å². The van der Waals surface area contributed by atoms with Crippen molar-refractivity contribution in [2.75, 3.05) is 45.8 Å². The number of fused-ring (bicyclic) bond motifs is 2. The van der Waals surface area contributed by atoms with Crippen LogP contribution in [0.15, 0.2) is 140 Å². The van der Waals surface area contributed by atoms with Crippen LogP contribution in [0.3, 0.4) is 0 Å². The molecule has 3 aliphatic rings. The Balaban J connectivity index is 0.000000233. The average Bonchev–Trinajstić information content (AvgIpc) is 3.72. The number of hydrogen-bond acceptors (Lipinski definition) is 13. The molecule has 1 saturated heterocycles. The van der Waals surface area contributed by atoms with E-state index in [9.17, 15) is 52.7 Å². The fourth-order valence-electron chi connectivity index (χ4n) is 8.90. The minimum atomic E-state index is -1.28. The van der Waals surface area contributed by atoms with Crippen LogP contribution in [0.2, 0.25) is 0 Å². The Hall–Kier alpha value is -9.57. The fraction of sp³-hybridized carbons (Fsp3) is 0.281. The van der Waals surface area contributed by atoms with Crippen LogP contribution in [0.25, 0.3) is 0 Å². The lowest BCUT2D eigenvalue weighted by Crippen LogP contribution is -2.55. The molecule has 0 aliphatic carbocycles. The van der Waals surface area contributed by atoms with Crippen LogP contribution in [0.5, 0.6) is 0 Å². The van der Waals surface area contributed by atoms with Crippen molar-refractivity contribution in [2.45, 2.75) is 76.6 Å². The minimum Gasteiger partial charge on any atom is -0.481 e. The van der Waals surface area contributed by atoms with Gasteiger partial charge in [0.2, 0.25) is 29.9 Å². The molecule has 22 heteroatoms. The summed E-state index contributed by atoms with van der Waals surface area (Å²) in [5.41, 5.74) is 2.95. The number of nitrogens with zero attached hydrogens (tertiary/aromatic N) is 4. The van der Waals surface area contributed by atoms with Crippen molar-refractivity contribution < 1.29 is 67.3 Å². The molecule has 0 saturated carbocycles. The van der Waals surface area contributed by atoms with Crippen molar-refractivity contribution in [3.8, 4) is 0 Å². The predicted octanol–water partition coefficient (Wildman–Crippen LogP) is 3.28. The zero-order valence-electron chi connectivity index (χ0n) is 43.2. The third kappa shape index (κ3) is 14.7. The maximum Gasteiger partial charge on any atom is 0.310 e. The lowest BCUT2D eigenvalue weighted by molar-refractivity contribution is -0.168. The molecule has 0 aromatic heterocycles. The van der Waals surface area contributed by atoms with Crippen molar-refractivity contribution in [1.82, 2.24) is 21.3 Å². The summed E-state index contributed by atoms with van der Waals surface area (Å²) in [4.78, 5) is 145. The molecular formula is C57H58N8O14. The fourth-order valence-corrected chi connectivity index (χ4v) is 8.90. The van der Waals surface area contributed by atoms with Crippen LogP contribution in [-0.4, -0.2) is 127 Å². The Morgan fingerprint density at radius 3 is 1.48 bits per heavy atom. The number of para-hydroxylation sites is 4. The second-order valence-corrected chi connectivity index (χ2v) is 18.3. The van der Waals surface area contributed by atoms with Gasteiger partial charge in [-0.15, -0.1) is 0 Å². The maximum atomic E-state index is 14.0. The number of benzene rings is 5. The Bertz CT molecular complexity index is 3070. The van der Waals surface area contributed by atoms with Gasteiger partial charge in [0.25, 0.3) is 23.6 Å². The molecule has 5 N–H and O–H groups in total. The Kier molecular flexibility index (Phi) is 19.5. The number of carbonyl (C=O) groups is 11. The SMILES string of the molecule is CCC(=O)N1C[C@H](NC(=O)c2ccccc2)C(=O)N(CC(=O)N[C@H](C=O)CC(=O)O)c2ccccc21.CCC(=O)N1C[C@H](NC(=O)c2ccccc2)C(=O)N(CC(=O)N[C@H]2CC(=O)OC2OCc2ccccc2)c2ccccc21. The predicted molar refractivity (Wildman–Crippen MR) is 286 cm³/mol. The standard InChI is InChI=1S/C32H32N4O7.C25H26N4O7/c1-2-28(38)35-18-24(34-30(40)22-13-7-4-8-14-22)31(41)36(26-16-10-9-15-25(26)35)19-27(37)33-23-17-29(39)43-32(23)42-20-21-11-5-3-6-12-21;1-2-22(32)28-13-18(27-24(35)16-8-4-3-5-9-16)25(36)29(20-11-7-6-10-19(20)28)14-21(31)26-17(15-30)12-23(33)34/h3-16,23-24,32H,2,17-20H2,1H3,(H,33,37)(H,34,40);3-11,15,17-18H,2,12-14H2,1H3,(H,26,31)(H,27,35)(H,33,34)/t23-,24-,32?;17-,18-/m00/s1. The molecule has 0 radical (unpaired) electrons. The van der Waals surface area contributed by atoms with Crippen molar-refractivity contribution in [3.05, 3.63) is 156 Å². The van der Waals surface area contributed by atoms with E-state index in [1.54, 1.807) is 123 Å². The number of carboxylic acid groups (broad SMARTS) is 1. The summed E-state index contributed by atoms with van der Waals surface area (Å²) >= 11 is 0. The van der Waals surface area contributed by atoms with Gasteiger partial charge < -0.3 is 50.4 Å². The van der Waals surface area contributed by atoms with Crippen LogP contribution in [0.1, 0.15) is 65.8 Å². The van der Waals surface area contributed by atoms with Crippen molar-refractivity contribution in [1.29, 1.82) is 0 Å². The van der Waals surface area contributed by atoms with E-state index in [1.807, 2.05) is 30.3 Å². The number of hydrogen-bond donors (Lipinski definition) is 5. The Morgan fingerprint density at radius 1 is 0.608 bits per heavy atom. The van der Waals surface area contributed by atoms with Crippen molar-refractivity contribution in [3.63, 3.8) is 0 Å². The highest BCUT2D eigenvalue weighted by molar-refractivity contribution is 6.12. The van der Waals surface area contributed by atoms with Gasteiger partial charge in [0, 0.05) is 24.0 Å². The first kappa shape index (κ1) is 57.1. The number of cyclic esters (lactones) is 1. The van der Waals surface area contributed by atoms with Gasteiger partial charge in [0.05, 0.1) is 61.3 Å². The molecule has 3 aliphatic heterocycles. The molecule has 79 heavy (non-hydrogen) atoms. The van der Waals surface area contributed by atoms with E-state index < -0.39 is 97.3 Å². The second-order valence-electron chi connectivity index (χ2n) is 18.3. The molecule has 3 heterocycles. The van der Waals surface area contributed by atoms with E-state index >= 15 is 0 Å². The molecule has 410 valence electrons. The number of ether oxygens (including phenoxy) is 2. The second kappa shape index (κ2) is 27.0. The molecule has 0 bridgehead atoms. The van der Waals surface area contributed by atoms with Gasteiger partial charge in [-0.05, 0) is 54.1 Å². The molecule has 8 rings (SSSR count). The zero-order chi connectivity index (χ0) is 56.6. The first-order chi connectivity index (χ1) is 38.1. The Labute approximate surface area is 454 Å². The van der Waals surface area contributed by atoms with Crippen LogP contribution in [0, 0.1) is 0 Å². The van der Waals surface area contributed by atoms with E-state index in [4.69, 9.17) is 14.6 Å². The summed E-state index contributed by atoms with van der Waals surface area (Å²) in [7, 11) is 0. The molecule has 5 aromatic carbocycles. The molecule has 8 amide bonds. The van der Waals surface area contributed by atoms with E-state index in [-0.39, 0.29) is 56.5 Å². The number of esters is 1. The Morgan fingerprint density at radius 2 is 1.04 bits per heavy atom. The molecule has 22 nitrogen and oxygen atoms in total. The number of aldehydes is 1. The van der Waals surface area contributed by atoms with Gasteiger partial charge >= 0.3 is 11.9 Å². The van der Waals surface area contributed by atoms with Crippen molar-refractivity contribution in [2.24, 2.45) is 0 Å². The van der Waals surface area contributed by atoms with E-state index in [2.05, 4.69) is 21.3 Å². The largest absolute Gasteiger partial charge is 0.481 e. The number of anilines is 4. The van der Waals surface area contributed by atoms with Gasteiger partial charge in [-0.25, -0.2) is 0 Å². The highest BCUT2D eigenvalue weighted by Crippen LogP contribution is 2.35. The molecule has 1 fully saturated rings. The van der Waals surface area contributed by atoms with Crippen LogP contribution >= 0.6 is 0 Å². The van der Waals surface area contributed by atoms with Gasteiger partial charge in [0.1, 0.15) is 37.5 Å². The van der Waals surface area contributed by atoms with E-state index in [0.29, 0.717) is 34.5 Å². The summed E-state index contributed by atoms with van der Waals surface area (Å²) in [5, 5.41) is 19.4. The third-order valence-corrected chi connectivity index (χ3v) is 12.7. The van der Waals surface area contributed by atoms with E-state index in [0.717, 1.165) is 10.5 Å². The summed E-state index contributed by atoms with van der Waals surface area (Å²) in [6.07, 6.45) is -1.10. The highest BCUT2D eigenvalue weighted by Gasteiger charge is 2.41. The topological polar surface area (TPSA) is 288 Å². The summed E-state index contributed by atoms with van der Waals surface area (Å²) in [6.45, 7) is 2.29. The lowest BCUT2D eigenvalue weighted by Gasteiger charge is -2.26. The van der Waals surface area contributed by atoms with Crippen LogP contribution < -0.4 is 40.9 Å². The first-order valence-corrected chi connectivity index (χ1v) is 25.3. The van der Waals surface area contributed by atoms with Crippen molar-refractivity contribution >= 4 is 88.2 Å². The maximum absolute atomic E-state index is 14.0. The number of carboxylic acids is 1. The third-order valence-electron chi connectivity index (χ3n) is 12.7. The highest BCUT2D eigenvalue weighted by atomic mass is 16.7. The smallest absolute Gasteiger partial charge is 0.310 e. The number of carbonyl (C=O) groups excluding carboxylic acids is 10.